The van der Waals surface area contributed by atoms with E-state index < -0.39 is 0 Å². The lowest BCUT2D eigenvalue weighted by Crippen LogP contribution is -2.23. The molecule has 0 saturated heterocycles. The summed E-state index contributed by atoms with van der Waals surface area (Å²) in [5.41, 5.74) is 9.23. The van der Waals surface area contributed by atoms with Gasteiger partial charge in [-0.2, -0.15) is 0 Å². The van der Waals surface area contributed by atoms with Crippen molar-refractivity contribution in [3.8, 4) is 11.5 Å². The summed E-state index contributed by atoms with van der Waals surface area (Å²) in [6.45, 7) is 1.77. The number of nitrogens with zero attached hydrogens (tertiary/aromatic N) is 2. The van der Waals surface area contributed by atoms with Crippen molar-refractivity contribution in [2.24, 2.45) is 10.7 Å². The second kappa shape index (κ2) is 9.51. The number of halogens is 1. The molecular formula is C19H25IN4O2. The van der Waals surface area contributed by atoms with E-state index in [0.717, 1.165) is 23.6 Å². The molecule has 2 aromatic rings. The van der Waals surface area contributed by atoms with E-state index in [1.54, 1.807) is 0 Å². The van der Waals surface area contributed by atoms with Crippen LogP contribution in [0.5, 0.6) is 11.5 Å². The monoisotopic (exact) mass is 468 g/mol. The van der Waals surface area contributed by atoms with Crippen LogP contribution < -0.4 is 25.4 Å². The van der Waals surface area contributed by atoms with E-state index in [4.69, 9.17) is 15.2 Å². The van der Waals surface area contributed by atoms with Crippen LogP contribution in [0.25, 0.3) is 0 Å². The Hall–Kier alpha value is -2.16. The molecule has 0 amide bonds. The Kier molecular flexibility index (Phi) is 7.38. The van der Waals surface area contributed by atoms with Crippen LogP contribution in [-0.4, -0.2) is 39.8 Å². The molecule has 3 N–H and O–H groups in total. The van der Waals surface area contributed by atoms with Crippen LogP contribution in [0.2, 0.25) is 0 Å². The van der Waals surface area contributed by atoms with E-state index in [0.29, 0.717) is 25.7 Å². The second-order valence-electron chi connectivity index (χ2n) is 6.06. The van der Waals surface area contributed by atoms with Crippen LogP contribution in [0.3, 0.4) is 0 Å². The van der Waals surface area contributed by atoms with E-state index in [2.05, 4.69) is 39.5 Å². The molecule has 0 saturated carbocycles. The van der Waals surface area contributed by atoms with Gasteiger partial charge in [-0.1, -0.05) is 12.1 Å². The Balaban J connectivity index is 0.00000243. The fraction of sp³-hybridized carbons (Fsp3) is 0.316. The maximum Gasteiger partial charge on any atom is 0.193 e. The molecule has 0 aromatic heterocycles. The van der Waals surface area contributed by atoms with Gasteiger partial charge in [0.1, 0.15) is 13.2 Å². The van der Waals surface area contributed by atoms with Gasteiger partial charge in [0.2, 0.25) is 0 Å². The van der Waals surface area contributed by atoms with E-state index >= 15 is 0 Å². The summed E-state index contributed by atoms with van der Waals surface area (Å²) in [6.07, 6.45) is 0.844. The first-order valence-electron chi connectivity index (χ1n) is 8.35. The standard InChI is InChI=1S/C19H24N4O2.HI/c1-23(2)16-6-3-14(4-7-16)9-10-21-19(20)22-15-5-8-17-18(13-15)25-12-11-24-17;/h3-8,13H,9-12H2,1-2H3,(H3,20,21,22);1H. The summed E-state index contributed by atoms with van der Waals surface area (Å²) in [5, 5.41) is 3.09. The van der Waals surface area contributed by atoms with Crippen molar-refractivity contribution in [1.29, 1.82) is 0 Å². The largest absolute Gasteiger partial charge is 0.486 e. The predicted octanol–water partition coefficient (Wildman–Crippen LogP) is 3.11. The van der Waals surface area contributed by atoms with Crippen LogP contribution >= 0.6 is 24.0 Å². The highest BCUT2D eigenvalue weighted by molar-refractivity contribution is 14.0. The predicted molar refractivity (Wildman–Crippen MR) is 117 cm³/mol. The average molecular weight is 468 g/mol. The number of hydrogen-bond donors (Lipinski definition) is 2. The smallest absolute Gasteiger partial charge is 0.193 e. The van der Waals surface area contributed by atoms with Crippen molar-refractivity contribution in [3.63, 3.8) is 0 Å². The summed E-state index contributed by atoms with van der Waals surface area (Å²) in [4.78, 5) is 6.47. The number of anilines is 2. The van der Waals surface area contributed by atoms with Gasteiger partial charge in [-0.25, -0.2) is 0 Å². The van der Waals surface area contributed by atoms with E-state index in [1.165, 1.54) is 11.3 Å². The fourth-order valence-electron chi connectivity index (χ4n) is 2.57. The molecule has 26 heavy (non-hydrogen) atoms. The van der Waals surface area contributed by atoms with Gasteiger partial charge in [0.15, 0.2) is 17.5 Å². The summed E-state index contributed by atoms with van der Waals surface area (Å²) in [6, 6.07) is 14.1. The molecule has 1 aliphatic heterocycles. The molecule has 0 aliphatic carbocycles. The zero-order valence-electron chi connectivity index (χ0n) is 15.1. The zero-order chi connectivity index (χ0) is 17.6. The van der Waals surface area contributed by atoms with Crippen LogP contribution in [0.4, 0.5) is 11.4 Å². The topological polar surface area (TPSA) is 72.1 Å². The summed E-state index contributed by atoms with van der Waals surface area (Å²) >= 11 is 0. The van der Waals surface area contributed by atoms with Crippen molar-refractivity contribution in [1.82, 2.24) is 0 Å². The number of guanidine groups is 1. The molecule has 6 nitrogen and oxygen atoms in total. The first kappa shape index (κ1) is 20.2. The molecule has 0 spiro atoms. The normalized spacial score (nSPS) is 12.9. The van der Waals surface area contributed by atoms with Crippen molar-refractivity contribution in [2.75, 3.05) is 44.1 Å². The molecule has 0 unspecified atom stereocenters. The SMILES string of the molecule is CN(C)c1ccc(CCN=C(N)Nc2ccc3c(c2)OCCO3)cc1.I. The molecule has 0 bridgehead atoms. The molecule has 0 fully saturated rings. The summed E-state index contributed by atoms with van der Waals surface area (Å²) in [7, 11) is 4.06. The molecule has 7 heteroatoms. The Labute approximate surface area is 171 Å². The van der Waals surface area contributed by atoms with Gasteiger partial charge in [-0.3, -0.25) is 4.99 Å². The first-order valence-corrected chi connectivity index (χ1v) is 8.35. The molecule has 1 heterocycles. The lowest BCUT2D eigenvalue weighted by atomic mass is 10.1. The van der Waals surface area contributed by atoms with Crippen LogP contribution in [0, 0.1) is 0 Å². The molecule has 1 aliphatic rings. The lowest BCUT2D eigenvalue weighted by molar-refractivity contribution is 0.171. The van der Waals surface area contributed by atoms with Gasteiger partial charge >= 0.3 is 0 Å². The molecule has 3 rings (SSSR count). The van der Waals surface area contributed by atoms with Gasteiger partial charge in [0.25, 0.3) is 0 Å². The third kappa shape index (κ3) is 5.42. The number of nitrogens with two attached hydrogens (primary N) is 1. The average Bonchev–Trinajstić information content (AvgIpc) is 2.62. The van der Waals surface area contributed by atoms with E-state index in [1.807, 2.05) is 32.3 Å². The lowest BCUT2D eigenvalue weighted by Gasteiger charge is -2.19. The Bertz CT molecular complexity index is 748. The van der Waals surface area contributed by atoms with Crippen LogP contribution in [0.1, 0.15) is 5.56 Å². The minimum Gasteiger partial charge on any atom is -0.486 e. The van der Waals surface area contributed by atoms with Crippen molar-refractivity contribution in [2.45, 2.75) is 6.42 Å². The number of hydrogen-bond acceptors (Lipinski definition) is 4. The number of nitrogens with one attached hydrogen (secondary N) is 1. The number of benzene rings is 2. The molecule has 0 atom stereocenters. The van der Waals surface area contributed by atoms with Crippen molar-refractivity contribution in [3.05, 3.63) is 48.0 Å². The minimum atomic E-state index is 0. The van der Waals surface area contributed by atoms with Gasteiger partial charge in [0, 0.05) is 38.1 Å². The highest BCUT2D eigenvalue weighted by Crippen LogP contribution is 2.32. The minimum absolute atomic E-state index is 0. The van der Waals surface area contributed by atoms with Gasteiger partial charge in [-0.15, -0.1) is 24.0 Å². The number of rotatable bonds is 5. The molecule has 2 aromatic carbocycles. The highest BCUT2D eigenvalue weighted by Gasteiger charge is 2.11. The van der Waals surface area contributed by atoms with Crippen molar-refractivity contribution < 1.29 is 9.47 Å². The second-order valence-corrected chi connectivity index (χ2v) is 6.06. The van der Waals surface area contributed by atoms with Gasteiger partial charge < -0.3 is 25.4 Å². The van der Waals surface area contributed by atoms with Crippen molar-refractivity contribution >= 4 is 41.3 Å². The van der Waals surface area contributed by atoms with Crippen LogP contribution in [0.15, 0.2) is 47.5 Å². The maximum atomic E-state index is 5.97. The number of fused-ring (bicyclic) bond motifs is 1. The van der Waals surface area contributed by atoms with E-state index in [-0.39, 0.29) is 24.0 Å². The Morgan fingerprint density at radius 1 is 1.08 bits per heavy atom. The third-order valence-electron chi connectivity index (χ3n) is 3.95. The van der Waals surface area contributed by atoms with Gasteiger partial charge in [0.05, 0.1) is 0 Å². The molecule has 140 valence electrons. The summed E-state index contributed by atoms with van der Waals surface area (Å²) < 4.78 is 11.1. The Morgan fingerprint density at radius 2 is 1.77 bits per heavy atom. The molecule has 0 radical (unpaired) electrons. The Morgan fingerprint density at radius 3 is 2.46 bits per heavy atom. The fourth-order valence-corrected chi connectivity index (χ4v) is 2.57. The van der Waals surface area contributed by atoms with E-state index in [9.17, 15) is 0 Å². The maximum absolute atomic E-state index is 5.97. The molecular weight excluding hydrogens is 443 g/mol. The first-order chi connectivity index (χ1) is 12.1. The summed E-state index contributed by atoms with van der Waals surface area (Å²) in [5.74, 6) is 1.88. The quantitative estimate of drug-likeness (QED) is 0.401. The van der Waals surface area contributed by atoms with Gasteiger partial charge in [-0.05, 0) is 36.2 Å². The number of aliphatic imine (C=N–C) groups is 1. The highest BCUT2D eigenvalue weighted by atomic mass is 127. The zero-order valence-corrected chi connectivity index (χ0v) is 17.4. The third-order valence-corrected chi connectivity index (χ3v) is 3.95. The number of ether oxygens (including phenoxy) is 2. The van der Waals surface area contributed by atoms with Crippen LogP contribution in [-0.2, 0) is 6.42 Å².